The number of benzene rings is 2. The number of nitrogens with zero attached hydrogens (tertiary/aromatic N) is 2. The molecule has 0 bridgehead atoms. The Labute approximate surface area is 171 Å². The average molecular weight is 419 g/mol. The minimum Gasteiger partial charge on any atom is -0.508 e. The van der Waals surface area contributed by atoms with Crippen molar-refractivity contribution in [3.05, 3.63) is 53.6 Å². The van der Waals surface area contributed by atoms with E-state index in [9.17, 15) is 18.3 Å². The first-order chi connectivity index (χ1) is 13.7. The van der Waals surface area contributed by atoms with Crippen LogP contribution in [0.4, 0.5) is 0 Å². The van der Waals surface area contributed by atoms with Gasteiger partial charge < -0.3 is 14.7 Å². The number of aryl methyl sites for hydroxylation is 2. The van der Waals surface area contributed by atoms with Crippen LogP contribution in [0.5, 0.6) is 11.5 Å². The van der Waals surface area contributed by atoms with Gasteiger partial charge in [0, 0.05) is 26.2 Å². The molecule has 7 nitrogen and oxygen atoms in total. The molecule has 1 fully saturated rings. The number of piperazine rings is 1. The summed E-state index contributed by atoms with van der Waals surface area (Å²) in [6.45, 7) is 6.42. The molecule has 3 rings (SSSR count). The van der Waals surface area contributed by atoms with Gasteiger partial charge in [-0.15, -0.1) is 0 Å². The fourth-order valence-corrected chi connectivity index (χ4v) is 5.04. The average Bonchev–Trinajstić information content (AvgIpc) is 2.71. The molecule has 1 saturated heterocycles. The maximum Gasteiger partial charge on any atom is 0.263 e. The van der Waals surface area contributed by atoms with Gasteiger partial charge in [-0.3, -0.25) is 4.79 Å². The smallest absolute Gasteiger partial charge is 0.263 e. The summed E-state index contributed by atoms with van der Waals surface area (Å²) in [6, 6.07) is 11.6. The summed E-state index contributed by atoms with van der Waals surface area (Å²) >= 11 is 0. The molecule has 8 heteroatoms. The SMILES string of the molecule is Cc1ccc(C)c(S(=O)(=O)N2CCN(C(=O)C(C)Oc3ccc(O)cc3)CC2)c1. The van der Waals surface area contributed by atoms with E-state index in [1.54, 1.807) is 36.9 Å². The molecule has 1 heterocycles. The lowest BCUT2D eigenvalue weighted by Crippen LogP contribution is -2.53. The lowest BCUT2D eigenvalue weighted by atomic mass is 10.2. The van der Waals surface area contributed by atoms with Crippen LogP contribution in [-0.2, 0) is 14.8 Å². The van der Waals surface area contributed by atoms with Gasteiger partial charge in [0.05, 0.1) is 4.90 Å². The number of ether oxygens (including phenoxy) is 1. The molecule has 1 N–H and O–H groups in total. The Morgan fingerprint density at radius 1 is 1.03 bits per heavy atom. The highest BCUT2D eigenvalue weighted by Gasteiger charge is 2.32. The van der Waals surface area contributed by atoms with E-state index in [0.717, 1.165) is 5.56 Å². The maximum absolute atomic E-state index is 13.0. The third-order valence-electron chi connectivity index (χ3n) is 5.01. The molecule has 0 spiro atoms. The van der Waals surface area contributed by atoms with E-state index >= 15 is 0 Å². The van der Waals surface area contributed by atoms with Crippen molar-refractivity contribution in [1.82, 2.24) is 9.21 Å². The number of aromatic hydroxyl groups is 1. The van der Waals surface area contributed by atoms with Crippen molar-refractivity contribution in [3.8, 4) is 11.5 Å². The standard InChI is InChI=1S/C21H26N2O5S/c1-15-4-5-16(2)20(14-15)29(26,27)23-12-10-22(11-13-23)21(25)17(3)28-19-8-6-18(24)7-9-19/h4-9,14,17,24H,10-13H2,1-3H3. The molecule has 0 aliphatic carbocycles. The lowest BCUT2D eigenvalue weighted by molar-refractivity contribution is -0.139. The molecule has 0 aromatic heterocycles. The third kappa shape index (κ3) is 4.71. The minimum absolute atomic E-state index is 0.123. The van der Waals surface area contributed by atoms with Gasteiger partial charge in [0.15, 0.2) is 6.10 Å². The highest BCUT2D eigenvalue weighted by molar-refractivity contribution is 7.89. The van der Waals surface area contributed by atoms with Gasteiger partial charge in [0.25, 0.3) is 5.91 Å². The summed E-state index contributed by atoms with van der Waals surface area (Å²) < 4.78 is 33.1. The molecule has 1 atom stereocenters. The van der Waals surface area contributed by atoms with Gasteiger partial charge in [-0.05, 0) is 62.2 Å². The van der Waals surface area contributed by atoms with Crippen molar-refractivity contribution in [2.45, 2.75) is 31.8 Å². The summed E-state index contributed by atoms with van der Waals surface area (Å²) in [4.78, 5) is 14.6. The molecule has 1 amide bonds. The quantitative estimate of drug-likeness (QED) is 0.805. The molecule has 2 aromatic carbocycles. The topological polar surface area (TPSA) is 87.2 Å². The molecule has 1 aliphatic rings. The first-order valence-corrected chi connectivity index (χ1v) is 10.9. The summed E-state index contributed by atoms with van der Waals surface area (Å²) in [5.74, 6) is 0.416. The summed E-state index contributed by atoms with van der Waals surface area (Å²) in [7, 11) is -3.60. The first-order valence-electron chi connectivity index (χ1n) is 9.50. The van der Waals surface area contributed by atoms with Gasteiger partial charge in [0.1, 0.15) is 11.5 Å². The first kappa shape index (κ1) is 21.1. The number of phenolic OH excluding ortho intramolecular Hbond substituents is 1. The van der Waals surface area contributed by atoms with Crippen LogP contribution in [-0.4, -0.2) is 60.9 Å². The summed E-state index contributed by atoms with van der Waals surface area (Å²) in [6.07, 6.45) is -0.707. The van der Waals surface area contributed by atoms with Gasteiger partial charge in [0.2, 0.25) is 10.0 Å². The Kier molecular flexibility index (Phi) is 6.14. The fourth-order valence-electron chi connectivity index (χ4n) is 3.31. The molecular weight excluding hydrogens is 392 g/mol. The van der Waals surface area contributed by atoms with Crippen LogP contribution >= 0.6 is 0 Å². The van der Waals surface area contributed by atoms with Crippen molar-refractivity contribution < 1.29 is 23.1 Å². The van der Waals surface area contributed by atoms with Crippen molar-refractivity contribution in [1.29, 1.82) is 0 Å². The van der Waals surface area contributed by atoms with E-state index in [0.29, 0.717) is 29.3 Å². The van der Waals surface area contributed by atoms with Crippen LogP contribution in [0.25, 0.3) is 0 Å². The highest BCUT2D eigenvalue weighted by atomic mass is 32.2. The Balaban J connectivity index is 1.62. The minimum atomic E-state index is -3.60. The molecule has 2 aromatic rings. The molecule has 1 unspecified atom stereocenters. The van der Waals surface area contributed by atoms with Crippen LogP contribution in [0.3, 0.4) is 0 Å². The van der Waals surface area contributed by atoms with E-state index in [1.807, 2.05) is 19.1 Å². The predicted octanol–water partition coefficient (Wildman–Crippen LogP) is 2.31. The van der Waals surface area contributed by atoms with Crippen LogP contribution in [0.15, 0.2) is 47.4 Å². The largest absolute Gasteiger partial charge is 0.508 e. The van der Waals surface area contributed by atoms with Gasteiger partial charge in [-0.1, -0.05) is 12.1 Å². The summed E-state index contributed by atoms with van der Waals surface area (Å²) in [5.41, 5.74) is 1.60. The molecular formula is C21H26N2O5S. The highest BCUT2D eigenvalue weighted by Crippen LogP contribution is 2.23. The van der Waals surface area contributed by atoms with Crippen molar-refractivity contribution in [2.75, 3.05) is 26.2 Å². The zero-order valence-electron chi connectivity index (χ0n) is 16.8. The number of hydrogen-bond donors (Lipinski definition) is 1. The van der Waals surface area contributed by atoms with Crippen LogP contribution in [0, 0.1) is 13.8 Å². The maximum atomic E-state index is 13.0. The molecule has 0 saturated carbocycles. The number of phenols is 1. The number of amides is 1. The number of rotatable bonds is 5. The zero-order valence-corrected chi connectivity index (χ0v) is 17.6. The Bertz CT molecular complexity index is 981. The van der Waals surface area contributed by atoms with Crippen molar-refractivity contribution in [2.24, 2.45) is 0 Å². The molecule has 29 heavy (non-hydrogen) atoms. The third-order valence-corrected chi connectivity index (χ3v) is 7.05. The molecule has 156 valence electrons. The van der Waals surface area contributed by atoms with Gasteiger partial charge in [-0.25, -0.2) is 8.42 Å². The second-order valence-electron chi connectivity index (χ2n) is 7.25. The van der Waals surface area contributed by atoms with Crippen LogP contribution in [0.1, 0.15) is 18.1 Å². The van der Waals surface area contributed by atoms with Gasteiger partial charge in [-0.2, -0.15) is 4.31 Å². The van der Waals surface area contributed by atoms with E-state index < -0.39 is 16.1 Å². The second kappa shape index (κ2) is 8.42. The van der Waals surface area contributed by atoms with E-state index in [4.69, 9.17) is 4.74 Å². The Morgan fingerprint density at radius 3 is 2.28 bits per heavy atom. The monoisotopic (exact) mass is 418 g/mol. The fraction of sp³-hybridized carbons (Fsp3) is 0.381. The van der Waals surface area contributed by atoms with Gasteiger partial charge >= 0.3 is 0 Å². The van der Waals surface area contributed by atoms with E-state index in [-0.39, 0.29) is 24.7 Å². The summed E-state index contributed by atoms with van der Waals surface area (Å²) in [5, 5.41) is 9.32. The molecule has 0 radical (unpaired) electrons. The number of carbonyl (C=O) groups is 1. The Hall–Kier alpha value is -2.58. The lowest BCUT2D eigenvalue weighted by Gasteiger charge is -2.35. The Morgan fingerprint density at radius 2 is 1.66 bits per heavy atom. The van der Waals surface area contributed by atoms with Crippen LogP contribution < -0.4 is 4.74 Å². The van der Waals surface area contributed by atoms with E-state index in [2.05, 4.69) is 0 Å². The van der Waals surface area contributed by atoms with Crippen molar-refractivity contribution >= 4 is 15.9 Å². The second-order valence-corrected chi connectivity index (χ2v) is 9.16. The zero-order chi connectivity index (χ0) is 21.2. The molecule has 1 aliphatic heterocycles. The number of hydrogen-bond acceptors (Lipinski definition) is 5. The number of carbonyl (C=O) groups excluding carboxylic acids is 1. The van der Waals surface area contributed by atoms with Crippen LogP contribution in [0.2, 0.25) is 0 Å². The van der Waals surface area contributed by atoms with Crippen molar-refractivity contribution in [3.63, 3.8) is 0 Å². The number of sulfonamides is 1. The normalized spacial score (nSPS) is 16.4. The predicted molar refractivity (Wildman–Crippen MR) is 109 cm³/mol. The van der Waals surface area contributed by atoms with E-state index in [1.165, 1.54) is 16.4 Å².